The molecule has 5 heteroatoms. The van der Waals surface area contributed by atoms with E-state index in [-0.39, 0.29) is 11.0 Å². The van der Waals surface area contributed by atoms with Crippen molar-refractivity contribution in [2.75, 3.05) is 0 Å². The van der Waals surface area contributed by atoms with Crippen molar-refractivity contribution in [2.24, 2.45) is 11.8 Å². The number of hydrogen-bond acceptors (Lipinski definition) is 3. The van der Waals surface area contributed by atoms with Crippen molar-refractivity contribution >= 4 is 14.3 Å². The Balaban J connectivity index is 5.40. The van der Waals surface area contributed by atoms with E-state index in [0.29, 0.717) is 0 Å². The average molecular weight is 317 g/mol. The molecule has 0 radical (unpaired) electrons. The van der Waals surface area contributed by atoms with Gasteiger partial charge >= 0.3 is 5.97 Å². The molecule has 0 rings (SSSR count). The third kappa shape index (κ3) is 5.56. The molecule has 0 saturated carbocycles. The van der Waals surface area contributed by atoms with E-state index < -0.39 is 32.4 Å². The summed E-state index contributed by atoms with van der Waals surface area (Å²) in [7, 11) is -2.11. The van der Waals surface area contributed by atoms with Crippen LogP contribution in [0.1, 0.15) is 41.5 Å². The summed E-state index contributed by atoms with van der Waals surface area (Å²) < 4.78 is 6.32. The number of hydrogen-bond donors (Lipinski definition) is 2. The molecule has 0 unspecified atom stereocenters. The predicted octanol–water partition coefficient (Wildman–Crippen LogP) is 3.67. The molecule has 0 aromatic rings. The SMILES string of the molecule is C/C=C/[C@@H](O)[C@H](C)[C@@H](O[Si](C)(C)C(C)(C)C)[C@@H](C)C(=O)O. The van der Waals surface area contributed by atoms with E-state index in [9.17, 15) is 15.0 Å². The van der Waals surface area contributed by atoms with Crippen molar-refractivity contribution in [3.8, 4) is 0 Å². The van der Waals surface area contributed by atoms with E-state index in [4.69, 9.17) is 4.43 Å². The van der Waals surface area contributed by atoms with Gasteiger partial charge in [-0.2, -0.15) is 0 Å². The minimum Gasteiger partial charge on any atom is -0.481 e. The summed E-state index contributed by atoms with van der Waals surface area (Å²) in [6, 6.07) is 0. The molecule has 0 aliphatic rings. The van der Waals surface area contributed by atoms with Gasteiger partial charge in [-0.25, -0.2) is 0 Å². The summed E-state index contributed by atoms with van der Waals surface area (Å²) >= 11 is 0. The zero-order valence-corrected chi connectivity index (χ0v) is 15.7. The summed E-state index contributed by atoms with van der Waals surface area (Å²) in [5, 5.41) is 19.5. The minimum atomic E-state index is -2.11. The highest BCUT2D eigenvalue weighted by atomic mass is 28.4. The number of aliphatic carboxylic acids is 1. The summed E-state index contributed by atoms with van der Waals surface area (Å²) in [6.07, 6.45) is 2.25. The molecule has 0 amide bonds. The van der Waals surface area contributed by atoms with Crippen LogP contribution in [0.3, 0.4) is 0 Å². The standard InChI is InChI=1S/C16H32O4Si/c1-9-10-13(17)11(2)14(12(3)15(18)19)20-21(7,8)16(4,5)6/h9-14,17H,1-8H3,(H,18,19)/b10-9+/t11-,12+,13+,14+/m0/s1. The molecule has 0 aliphatic heterocycles. The quantitative estimate of drug-likeness (QED) is 0.555. The molecule has 21 heavy (non-hydrogen) atoms. The van der Waals surface area contributed by atoms with Gasteiger partial charge < -0.3 is 14.6 Å². The van der Waals surface area contributed by atoms with Crippen molar-refractivity contribution in [1.82, 2.24) is 0 Å². The lowest BCUT2D eigenvalue weighted by Gasteiger charge is -2.42. The normalized spacial score (nSPS) is 19.3. The molecule has 0 saturated heterocycles. The number of carboxylic acids is 1. The monoisotopic (exact) mass is 316 g/mol. The van der Waals surface area contributed by atoms with Gasteiger partial charge in [-0.05, 0) is 32.0 Å². The maximum atomic E-state index is 11.4. The van der Waals surface area contributed by atoms with Crippen LogP contribution in [0.2, 0.25) is 18.1 Å². The first kappa shape index (κ1) is 20.3. The Morgan fingerprint density at radius 2 is 1.71 bits per heavy atom. The Hall–Kier alpha value is -0.653. The van der Waals surface area contributed by atoms with Crippen LogP contribution < -0.4 is 0 Å². The fourth-order valence-electron chi connectivity index (χ4n) is 1.89. The topological polar surface area (TPSA) is 66.8 Å². The lowest BCUT2D eigenvalue weighted by molar-refractivity contribution is -0.146. The number of aliphatic hydroxyl groups excluding tert-OH is 1. The van der Waals surface area contributed by atoms with Crippen molar-refractivity contribution in [1.29, 1.82) is 0 Å². The van der Waals surface area contributed by atoms with Crippen LogP contribution in [0.15, 0.2) is 12.2 Å². The van der Waals surface area contributed by atoms with Crippen molar-refractivity contribution in [2.45, 2.75) is 71.9 Å². The van der Waals surface area contributed by atoms with Crippen LogP contribution >= 0.6 is 0 Å². The third-order valence-electron chi connectivity index (χ3n) is 4.57. The van der Waals surface area contributed by atoms with E-state index in [0.717, 1.165) is 0 Å². The predicted molar refractivity (Wildman–Crippen MR) is 88.9 cm³/mol. The zero-order chi connectivity index (χ0) is 17.0. The second-order valence-corrected chi connectivity index (χ2v) is 12.1. The van der Waals surface area contributed by atoms with E-state index in [1.165, 1.54) is 0 Å². The van der Waals surface area contributed by atoms with Gasteiger partial charge in [-0.1, -0.05) is 39.8 Å². The van der Waals surface area contributed by atoms with Gasteiger partial charge in [-0.3, -0.25) is 4.79 Å². The van der Waals surface area contributed by atoms with Gasteiger partial charge in [-0.15, -0.1) is 0 Å². The van der Waals surface area contributed by atoms with E-state index in [1.54, 1.807) is 19.1 Å². The van der Waals surface area contributed by atoms with E-state index in [2.05, 4.69) is 33.9 Å². The molecule has 0 aliphatic carbocycles. The number of carboxylic acid groups (broad SMARTS) is 1. The highest BCUT2D eigenvalue weighted by Gasteiger charge is 2.43. The van der Waals surface area contributed by atoms with Gasteiger partial charge in [0.2, 0.25) is 0 Å². The first-order valence-corrected chi connectivity index (χ1v) is 10.5. The first-order chi connectivity index (χ1) is 9.35. The Morgan fingerprint density at radius 3 is 2.05 bits per heavy atom. The number of aliphatic hydroxyl groups is 1. The minimum absolute atomic E-state index is 0.00522. The number of allylic oxidation sites excluding steroid dienone is 1. The van der Waals surface area contributed by atoms with Gasteiger partial charge in [0.25, 0.3) is 0 Å². The van der Waals surface area contributed by atoms with Crippen LogP contribution in [0.4, 0.5) is 0 Å². The molecule has 0 heterocycles. The Morgan fingerprint density at radius 1 is 1.24 bits per heavy atom. The molecule has 0 spiro atoms. The summed E-state index contributed by atoms with van der Waals surface area (Å²) in [5.41, 5.74) is 0. The smallest absolute Gasteiger partial charge is 0.308 e. The third-order valence-corrected chi connectivity index (χ3v) is 9.04. The molecule has 0 aromatic heterocycles. The summed E-state index contributed by atoms with van der Waals surface area (Å²) in [6.45, 7) is 15.9. The lowest BCUT2D eigenvalue weighted by atomic mass is 9.89. The maximum Gasteiger partial charge on any atom is 0.308 e. The first-order valence-electron chi connectivity index (χ1n) is 7.56. The molecule has 124 valence electrons. The van der Waals surface area contributed by atoms with Gasteiger partial charge in [0, 0.05) is 5.92 Å². The molecular weight excluding hydrogens is 284 g/mol. The number of carbonyl (C=O) groups is 1. The molecule has 0 bridgehead atoms. The van der Waals surface area contributed by atoms with Crippen LogP contribution in [0.25, 0.3) is 0 Å². The fraction of sp³-hybridized carbons (Fsp3) is 0.812. The van der Waals surface area contributed by atoms with E-state index in [1.807, 2.05) is 13.8 Å². The number of rotatable bonds is 7. The maximum absolute atomic E-state index is 11.4. The zero-order valence-electron chi connectivity index (χ0n) is 14.7. The van der Waals surface area contributed by atoms with Crippen LogP contribution in [-0.4, -0.2) is 36.7 Å². The van der Waals surface area contributed by atoms with Crippen molar-refractivity contribution < 1.29 is 19.4 Å². The fourth-order valence-corrected chi connectivity index (χ4v) is 3.34. The molecule has 0 aromatic carbocycles. The van der Waals surface area contributed by atoms with Crippen molar-refractivity contribution in [3.63, 3.8) is 0 Å². The summed E-state index contributed by atoms with van der Waals surface area (Å²) in [4.78, 5) is 11.4. The largest absolute Gasteiger partial charge is 0.481 e. The van der Waals surface area contributed by atoms with Crippen LogP contribution in [-0.2, 0) is 9.22 Å². The van der Waals surface area contributed by atoms with Gasteiger partial charge in [0.15, 0.2) is 8.32 Å². The van der Waals surface area contributed by atoms with Crippen LogP contribution in [0, 0.1) is 11.8 Å². The highest BCUT2D eigenvalue weighted by Crippen LogP contribution is 2.39. The Labute approximate surface area is 130 Å². The second kappa shape index (κ2) is 7.56. The van der Waals surface area contributed by atoms with Crippen LogP contribution in [0.5, 0.6) is 0 Å². The molecule has 2 N–H and O–H groups in total. The average Bonchev–Trinajstić information content (AvgIpc) is 2.33. The van der Waals surface area contributed by atoms with Crippen molar-refractivity contribution in [3.05, 3.63) is 12.2 Å². The molecular formula is C16H32O4Si. The Bertz CT molecular complexity index is 371. The van der Waals surface area contributed by atoms with Gasteiger partial charge in [0.1, 0.15) is 0 Å². The van der Waals surface area contributed by atoms with E-state index >= 15 is 0 Å². The second-order valence-electron chi connectivity index (χ2n) is 7.35. The summed E-state index contributed by atoms with van der Waals surface area (Å²) in [5.74, 6) is -1.83. The highest BCUT2D eigenvalue weighted by molar-refractivity contribution is 6.74. The molecule has 4 atom stereocenters. The lowest BCUT2D eigenvalue weighted by Crippen LogP contribution is -2.50. The Kier molecular flexibility index (Phi) is 7.33. The molecule has 0 fully saturated rings. The van der Waals surface area contributed by atoms with Gasteiger partial charge in [0.05, 0.1) is 18.1 Å². The molecule has 4 nitrogen and oxygen atoms in total.